The molecule has 0 aliphatic carbocycles. The van der Waals surface area contributed by atoms with Gasteiger partial charge in [-0.3, -0.25) is 4.79 Å². The number of aromatic nitrogens is 2. The number of hydrogen-bond donors (Lipinski definition) is 1. The van der Waals surface area contributed by atoms with Gasteiger partial charge in [-0.2, -0.15) is 5.10 Å². The molecular weight excluding hydrogens is 396 g/mol. The van der Waals surface area contributed by atoms with E-state index < -0.39 is 0 Å². The van der Waals surface area contributed by atoms with E-state index in [1.54, 1.807) is 24.7 Å². The number of carbonyl (C=O) groups is 1. The molecule has 8 heteroatoms. The van der Waals surface area contributed by atoms with E-state index >= 15 is 0 Å². The van der Waals surface area contributed by atoms with E-state index in [0.717, 1.165) is 16.9 Å². The van der Waals surface area contributed by atoms with Crippen molar-refractivity contribution < 1.29 is 9.53 Å². The molecule has 0 aliphatic rings. The highest BCUT2D eigenvalue weighted by Gasteiger charge is 2.03. The summed E-state index contributed by atoms with van der Waals surface area (Å²) in [7, 11) is 0. The minimum absolute atomic E-state index is 0.193. The van der Waals surface area contributed by atoms with Crippen LogP contribution in [0, 0.1) is 0 Å². The van der Waals surface area contributed by atoms with Crippen molar-refractivity contribution in [3.8, 4) is 5.75 Å². The number of nitrogens with one attached hydrogen (secondary N) is 1. The van der Waals surface area contributed by atoms with Crippen molar-refractivity contribution in [3.63, 3.8) is 0 Å². The fraction of sp³-hybridized carbons (Fsp3) is 0.100. The Hall–Kier alpha value is -2.90. The van der Waals surface area contributed by atoms with Crippen LogP contribution in [0.4, 0.5) is 0 Å². The summed E-state index contributed by atoms with van der Waals surface area (Å²) in [5.74, 6) is 0.714. The molecule has 0 saturated carbocycles. The van der Waals surface area contributed by atoms with Gasteiger partial charge in [0.1, 0.15) is 12.4 Å². The molecule has 0 fully saturated rings. The number of rotatable bonds is 8. The molecule has 1 aromatic heterocycles. The zero-order valence-corrected chi connectivity index (χ0v) is 16.4. The monoisotopic (exact) mass is 412 g/mol. The van der Waals surface area contributed by atoms with Crippen LogP contribution in [0.15, 0.2) is 77.2 Å². The number of ether oxygens (including phenoxy) is 1. The zero-order valence-electron chi connectivity index (χ0n) is 14.8. The van der Waals surface area contributed by atoms with Crippen molar-refractivity contribution in [3.05, 3.63) is 83.1 Å². The Balaban J connectivity index is 1.41. The fourth-order valence-corrected chi connectivity index (χ4v) is 2.82. The molecule has 0 atom stereocenters. The summed E-state index contributed by atoms with van der Waals surface area (Å²) in [5.41, 5.74) is 4.36. The van der Waals surface area contributed by atoms with Gasteiger partial charge in [-0.05, 0) is 53.6 Å². The summed E-state index contributed by atoms with van der Waals surface area (Å²) in [6.07, 6.45) is 4.84. The van der Waals surface area contributed by atoms with E-state index in [-0.39, 0.29) is 11.7 Å². The first-order chi connectivity index (χ1) is 13.7. The molecule has 0 radical (unpaired) electrons. The van der Waals surface area contributed by atoms with Gasteiger partial charge in [0.25, 0.3) is 5.91 Å². The third-order valence-corrected chi connectivity index (χ3v) is 4.60. The van der Waals surface area contributed by atoms with Crippen LogP contribution in [-0.4, -0.2) is 27.8 Å². The van der Waals surface area contributed by atoms with E-state index in [1.807, 2.05) is 48.5 Å². The molecule has 0 aliphatic heterocycles. The third-order valence-electron chi connectivity index (χ3n) is 3.48. The normalized spacial score (nSPS) is 10.8. The van der Waals surface area contributed by atoms with E-state index in [0.29, 0.717) is 16.8 Å². The number of amides is 1. The van der Waals surface area contributed by atoms with Crippen molar-refractivity contribution >= 4 is 35.5 Å². The molecule has 0 bridgehead atoms. The highest BCUT2D eigenvalue weighted by atomic mass is 35.5. The van der Waals surface area contributed by atoms with Gasteiger partial charge in [0.15, 0.2) is 5.16 Å². The SMILES string of the molecule is O=C(CSc1ncccn1)N/N=C/c1ccc(OCc2ccc(Cl)cc2)cc1. The molecule has 0 spiro atoms. The molecule has 6 nitrogen and oxygen atoms in total. The molecule has 142 valence electrons. The van der Waals surface area contributed by atoms with Crippen LogP contribution < -0.4 is 10.2 Å². The van der Waals surface area contributed by atoms with Crippen molar-refractivity contribution in [2.45, 2.75) is 11.8 Å². The Morgan fingerprint density at radius 2 is 1.82 bits per heavy atom. The molecule has 3 aromatic rings. The predicted octanol–water partition coefficient (Wildman–Crippen LogP) is 3.95. The lowest BCUT2D eigenvalue weighted by Gasteiger charge is -2.06. The van der Waals surface area contributed by atoms with E-state index in [1.165, 1.54) is 11.8 Å². The minimum atomic E-state index is -0.225. The Kier molecular flexibility index (Phi) is 7.40. The van der Waals surface area contributed by atoms with Crippen LogP contribution in [0.3, 0.4) is 0 Å². The molecule has 0 unspecified atom stereocenters. The van der Waals surface area contributed by atoms with Gasteiger partial charge in [0.2, 0.25) is 0 Å². The molecule has 28 heavy (non-hydrogen) atoms. The second-order valence-corrected chi connectivity index (χ2v) is 6.98. The first-order valence-corrected chi connectivity index (χ1v) is 9.74. The molecule has 2 aromatic carbocycles. The lowest BCUT2D eigenvalue weighted by molar-refractivity contribution is -0.118. The number of hydrogen-bond acceptors (Lipinski definition) is 6. The van der Waals surface area contributed by atoms with Crippen LogP contribution >= 0.6 is 23.4 Å². The van der Waals surface area contributed by atoms with Gasteiger partial charge in [-0.15, -0.1) is 0 Å². The van der Waals surface area contributed by atoms with E-state index in [9.17, 15) is 4.79 Å². The fourth-order valence-electron chi connectivity index (χ4n) is 2.10. The Morgan fingerprint density at radius 3 is 2.54 bits per heavy atom. The summed E-state index contributed by atoms with van der Waals surface area (Å²) in [5, 5.41) is 5.21. The standard InChI is InChI=1S/C20H17ClN4O2S/c21-17-6-2-16(3-7-17)13-27-18-8-4-15(5-9-18)12-24-25-19(26)14-28-20-22-10-1-11-23-20/h1-12H,13-14H2,(H,25,26)/b24-12+. The quantitative estimate of drug-likeness (QED) is 0.262. The molecule has 1 heterocycles. The van der Waals surface area contributed by atoms with Gasteiger partial charge in [-0.25, -0.2) is 15.4 Å². The van der Waals surface area contributed by atoms with Gasteiger partial charge >= 0.3 is 0 Å². The summed E-state index contributed by atoms with van der Waals surface area (Å²) in [6.45, 7) is 0.462. The van der Waals surface area contributed by atoms with Crippen LogP contribution in [0.2, 0.25) is 5.02 Å². The van der Waals surface area contributed by atoms with Crippen molar-refractivity contribution in [1.29, 1.82) is 0 Å². The zero-order chi connectivity index (χ0) is 19.6. The number of halogens is 1. The van der Waals surface area contributed by atoms with Gasteiger partial charge in [0, 0.05) is 17.4 Å². The lowest BCUT2D eigenvalue weighted by atomic mass is 10.2. The topological polar surface area (TPSA) is 76.5 Å². The second-order valence-electron chi connectivity index (χ2n) is 5.60. The summed E-state index contributed by atoms with van der Waals surface area (Å²) < 4.78 is 5.73. The van der Waals surface area contributed by atoms with Gasteiger partial charge < -0.3 is 4.74 Å². The molecule has 0 saturated heterocycles. The Bertz CT molecular complexity index is 919. The minimum Gasteiger partial charge on any atom is -0.489 e. The van der Waals surface area contributed by atoms with Crippen LogP contribution in [0.1, 0.15) is 11.1 Å². The summed E-state index contributed by atoms with van der Waals surface area (Å²) in [6, 6.07) is 16.7. The van der Waals surface area contributed by atoms with Crippen molar-refractivity contribution in [2.75, 3.05) is 5.75 Å². The molecule has 1 N–H and O–H groups in total. The molecular formula is C20H17ClN4O2S. The third kappa shape index (κ3) is 6.68. The number of benzene rings is 2. The number of nitrogens with zero attached hydrogens (tertiary/aromatic N) is 3. The smallest absolute Gasteiger partial charge is 0.250 e. The number of hydrazone groups is 1. The predicted molar refractivity (Wildman–Crippen MR) is 111 cm³/mol. The lowest BCUT2D eigenvalue weighted by Crippen LogP contribution is -2.19. The average molecular weight is 413 g/mol. The van der Waals surface area contributed by atoms with Gasteiger partial charge in [-0.1, -0.05) is 35.5 Å². The Labute approximate surface area is 172 Å². The van der Waals surface area contributed by atoms with Crippen LogP contribution in [0.5, 0.6) is 5.75 Å². The summed E-state index contributed by atoms with van der Waals surface area (Å²) >= 11 is 7.12. The van der Waals surface area contributed by atoms with E-state index in [2.05, 4.69) is 20.5 Å². The number of thioether (sulfide) groups is 1. The highest BCUT2D eigenvalue weighted by molar-refractivity contribution is 7.99. The van der Waals surface area contributed by atoms with Crippen molar-refractivity contribution in [1.82, 2.24) is 15.4 Å². The van der Waals surface area contributed by atoms with Crippen LogP contribution in [-0.2, 0) is 11.4 Å². The molecule has 1 amide bonds. The maximum absolute atomic E-state index is 11.8. The highest BCUT2D eigenvalue weighted by Crippen LogP contribution is 2.15. The first kappa shape index (κ1) is 19.9. The van der Waals surface area contributed by atoms with Crippen LogP contribution in [0.25, 0.3) is 0 Å². The maximum Gasteiger partial charge on any atom is 0.250 e. The average Bonchev–Trinajstić information content (AvgIpc) is 2.73. The first-order valence-electron chi connectivity index (χ1n) is 8.38. The number of carbonyl (C=O) groups excluding carboxylic acids is 1. The van der Waals surface area contributed by atoms with Gasteiger partial charge in [0.05, 0.1) is 12.0 Å². The van der Waals surface area contributed by atoms with Crippen molar-refractivity contribution in [2.24, 2.45) is 5.10 Å². The largest absolute Gasteiger partial charge is 0.489 e. The maximum atomic E-state index is 11.8. The Morgan fingerprint density at radius 1 is 1.11 bits per heavy atom. The molecule has 3 rings (SSSR count). The van der Waals surface area contributed by atoms with E-state index in [4.69, 9.17) is 16.3 Å². The second kappa shape index (κ2) is 10.4. The summed E-state index contributed by atoms with van der Waals surface area (Å²) in [4.78, 5) is 19.9.